The van der Waals surface area contributed by atoms with Crippen molar-refractivity contribution in [2.45, 2.75) is 96.3 Å². The normalized spacial score (nSPS) is 11.1. The maximum absolute atomic E-state index is 11.2. The molecule has 0 N–H and O–H groups in total. The Hall–Kier alpha value is -1.70. The summed E-state index contributed by atoms with van der Waals surface area (Å²) in [5.74, 6) is 0. The lowest BCUT2D eigenvalue weighted by atomic mass is 10.0. The molecule has 0 unspecified atom stereocenters. The van der Waals surface area contributed by atoms with Crippen LogP contribution in [0.2, 0.25) is 0 Å². The van der Waals surface area contributed by atoms with Gasteiger partial charge in [-0.05, 0) is 62.6 Å². The van der Waals surface area contributed by atoms with E-state index < -0.39 is 10.1 Å². The van der Waals surface area contributed by atoms with E-state index in [1.807, 2.05) is 0 Å². The topological polar surface area (TPSA) is 57.2 Å². The molecule has 0 heterocycles. The summed E-state index contributed by atoms with van der Waals surface area (Å²) in [6.07, 6.45) is 13.2. The van der Waals surface area contributed by atoms with Gasteiger partial charge >= 0.3 is 21.2 Å². The molecule has 0 atom stereocenters. The molecule has 3 rings (SSSR count). The minimum atomic E-state index is -4.35. The molecule has 3 nitrogen and oxygen atoms in total. The number of rotatable bonds is 14. The average Bonchev–Trinajstić information content (AvgIpc) is 2.88. The molecular weight excluding hydrogens is 591 g/mol. The van der Waals surface area contributed by atoms with Crippen LogP contribution in [-0.4, -0.2) is 13.0 Å². The molecule has 0 spiro atoms. The van der Waals surface area contributed by atoms with Crippen LogP contribution in [-0.2, 0) is 16.5 Å². The van der Waals surface area contributed by atoms with Gasteiger partial charge in [-0.15, -0.1) is 0 Å². The Labute approximate surface area is 236 Å². The Bertz CT molecular complexity index is 1080. The van der Waals surface area contributed by atoms with Crippen molar-refractivity contribution in [1.82, 2.24) is 0 Å². The van der Waals surface area contributed by atoms with E-state index in [4.69, 9.17) is 0 Å². The Morgan fingerprint density at radius 1 is 0.622 bits per heavy atom. The maximum atomic E-state index is 11.2. The molecule has 0 radical (unpaired) electrons. The van der Waals surface area contributed by atoms with E-state index in [0.717, 1.165) is 12.8 Å². The highest BCUT2D eigenvalue weighted by Crippen LogP contribution is 2.18. The lowest BCUT2D eigenvalue weighted by Gasteiger charge is -2.12. The van der Waals surface area contributed by atoms with Gasteiger partial charge in [-0.1, -0.05) is 118 Å². The van der Waals surface area contributed by atoms with E-state index >= 15 is 0 Å². The first kappa shape index (κ1) is 31.5. The van der Waals surface area contributed by atoms with Gasteiger partial charge in [-0.2, -0.15) is 0 Å². The maximum Gasteiger partial charge on any atom is 0.357 e. The first-order valence-corrected chi connectivity index (χ1v) is 17.2. The van der Waals surface area contributed by atoms with Crippen molar-refractivity contribution in [1.29, 1.82) is 0 Å². The van der Waals surface area contributed by atoms with Gasteiger partial charge in [-0.25, -0.2) is 8.42 Å². The van der Waals surface area contributed by atoms with Crippen molar-refractivity contribution in [3.05, 3.63) is 96.6 Å². The molecule has 0 aliphatic rings. The second kappa shape index (κ2) is 17.7. The fourth-order valence-corrected chi connectivity index (χ4v) is 6.97. The summed E-state index contributed by atoms with van der Waals surface area (Å²) in [5, 5.41) is 0. The molecule has 37 heavy (non-hydrogen) atoms. The highest BCUT2D eigenvalue weighted by Gasteiger charge is 2.14. The van der Waals surface area contributed by atoms with Gasteiger partial charge in [0.25, 0.3) is 0 Å². The summed E-state index contributed by atoms with van der Waals surface area (Å²) < 4.78 is 36.5. The first-order valence-electron chi connectivity index (χ1n) is 13.6. The smallest absolute Gasteiger partial charge is 0.357 e. The number of hydrogen-bond donors (Lipinski definition) is 0. The van der Waals surface area contributed by atoms with Crippen LogP contribution < -0.4 is 21.2 Å². The quantitative estimate of drug-likeness (QED) is 0.134. The highest BCUT2D eigenvalue weighted by atomic mass is 127. The zero-order chi connectivity index (χ0) is 26.9. The van der Waals surface area contributed by atoms with E-state index in [2.05, 4.69) is 69.3 Å². The number of hydrogen-bond acceptors (Lipinski definition) is 3. The minimum Gasteiger partial charge on any atom is -0.744 e. The second-order valence-corrected chi connectivity index (χ2v) is 14.1. The Balaban J connectivity index is 0.000000278. The van der Waals surface area contributed by atoms with Crippen LogP contribution in [0.1, 0.15) is 87.8 Å². The zero-order valence-electron chi connectivity index (χ0n) is 22.7. The second-order valence-electron chi connectivity index (χ2n) is 9.68. The summed E-state index contributed by atoms with van der Waals surface area (Å²) in [7, 11) is -4.35. The van der Waals surface area contributed by atoms with Gasteiger partial charge in [-0.3, -0.25) is 0 Å². The number of halogens is 1. The predicted octanol–water partition coefficient (Wildman–Crippen LogP) is 5.49. The minimum absolute atomic E-state index is 0.00313. The third kappa shape index (κ3) is 13.6. The number of unbranched alkanes of at least 4 members (excludes halogenated alkanes) is 9. The molecular formula is C32H43IO3S. The van der Waals surface area contributed by atoms with E-state index in [1.54, 1.807) is 18.2 Å². The molecule has 0 fully saturated rings. The number of benzene rings is 3. The molecule has 0 aliphatic carbocycles. The van der Waals surface area contributed by atoms with Crippen molar-refractivity contribution in [3.63, 3.8) is 0 Å². The van der Waals surface area contributed by atoms with E-state index in [9.17, 15) is 13.0 Å². The molecule has 0 bridgehead atoms. The molecule has 202 valence electrons. The molecule has 0 aromatic heterocycles. The Kier molecular flexibility index (Phi) is 15.1. The summed E-state index contributed by atoms with van der Waals surface area (Å²) >= 11 is 0.00313. The van der Waals surface area contributed by atoms with Gasteiger partial charge < -0.3 is 4.55 Å². The van der Waals surface area contributed by atoms with Crippen molar-refractivity contribution in [3.8, 4) is 0 Å². The third-order valence-electron chi connectivity index (χ3n) is 6.28. The van der Waals surface area contributed by atoms with Crippen molar-refractivity contribution in [2.24, 2.45) is 0 Å². The average molecular weight is 635 g/mol. The van der Waals surface area contributed by atoms with Crippen LogP contribution >= 0.6 is 0 Å². The van der Waals surface area contributed by atoms with E-state index in [-0.39, 0.29) is 26.1 Å². The molecule has 3 aromatic rings. The fraction of sp³-hybridized carbons (Fsp3) is 0.438. The van der Waals surface area contributed by atoms with Crippen molar-refractivity contribution >= 4 is 10.1 Å². The van der Waals surface area contributed by atoms with Crippen molar-refractivity contribution < 1.29 is 34.2 Å². The SMILES string of the molecule is CCCCCCCCCCCCc1ccccc1S(=O)(=O)[O-].Cc1ccc([I+]c2ccc(C)cc2)cc1. The largest absolute Gasteiger partial charge is 0.744 e. The molecule has 3 aromatic carbocycles. The van der Waals surface area contributed by atoms with Crippen LogP contribution in [0.3, 0.4) is 0 Å². The fourth-order valence-electron chi connectivity index (χ4n) is 4.08. The summed E-state index contributed by atoms with van der Waals surface area (Å²) in [4.78, 5) is -0.0501. The molecule has 0 saturated carbocycles. The monoisotopic (exact) mass is 634 g/mol. The van der Waals surface area contributed by atoms with Crippen LogP contribution in [0.15, 0.2) is 77.7 Å². The summed E-state index contributed by atoms with van der Waals surface area (Å²) in [6, 6.07) is 24.4. The van der Waals surface area contributed by atoms with Gasteiger partial charge in [0.05, 0.1) is 4.90 Å². The predicted molar refractivity (Wildman–Crippen MR) is 150 cm³/mol. The highest BCUT2D eigenvalue weighted by molar-refractivity contribution is 7.85. The van der Waals surface area contributed by atoms with Gasteiger partial charge in [0, 0.05) is 0 Å². The Morgan fingerprint density at radius 3 is 1.51 bits per heavy atom. The molecule has 0 saturated heterocycles. The van der Waals surface area contributed by atoms with Gasteiger partial charge in [0.15, 0.2) is 7.14 Å². The lowest BCUT2D eigenvalue weighted by molar-refractivity contribution is -0.597. The summed E-state index contributed by atoms with van der Waals surface area (Å²) in [5.41, 5.74) is 3.34. The number of aryl methyl sites for hydroxylation is 3. The van der Waals surface area contributed by atoms with Crippen molar-refractivity contribution in [2.75, 3.05) is 0 Å². The zero-order valence-corrected chi connectivity index (χ0v) is 25.7. The first-order chi connectivity index (χ1) is 17.8. The molecule has 0 aliphatic heterocycles. The standard InChI is InChI=1S/C18H30O3S.C14H14I/c1-2-3-4-5-6-7-8-9-10-11-14-17-15-12-13-16-18(17)22(19,20)21;1-11-3-7-13(8-4-11)15-14-9-5-12(2)6-10-14/h12-13,15-16H,2-11,14H2,1H3,(H,19,20,21);3-10H,1-2H3/q;+1/p-1. The summed E-state index contributed by atoms with van der Waals surface area (Å²) in [6.45, 7) is 6.50. The third-order valence-corrected chi connectivity index (χ3v) is 9.90. The lowest BCUT2D eigenvalue weighted by Crippen LogP contribution is -3.61. The van der Waals surface area contributed by atoms with Crippen LogP contribution in [0, 0.1) is 21.0 Å². The molecule has 0 amide bonds. The van der Waals surface area contributed by atoms with Crippen LogP contribution in [0.25, 0.3) is 0 Å². The van der Waals surface area contributed by atoms with Crippen LogP contribution in [0.5, 0.6) is 0 Å². The van der Waals surface area contributed by atoms with Gasteiger partial charge in [0.1, 0.15) is 10.1 Å². The molecule has 5 heteroatoms. The van der Waals surface area contributed by atoms with E-state index in [0.29, 0.717) is 12.0 Å². The Morgan fingerprint density at radius 2 is 1.05 bits per heavy atom. The van der Waals surface area contributed by atoms with Gasteiger partial charge in [0.2, 0.25) is 0 Å². The van der Waals surface area contributed by atoms with E-state index in [1.165, 1.54) is 75.7 Å². The van der Waals surface area contributed by atoms with Crippen LogP contribution in [0.4, 0.5) is 0 Å².